The molecule has 2 N–H and O–H groups in total. The number of carboxylic acid groups (broad SMARTS) is 1. The molecule has 1 aliphatic rings. The second-order valence-electron chi connectivity index (χ2n) is 3.03. The van der Waals surface area contributed by atoms with E-state index in [0.29, 0.717) is 6.42 Å². The molecule has 0 heterocycles. The lowest BCUT2D eigenvalue weighted by molar-refractivity contribution is -0.139. The van der Waals surface area contributed by atoms with Crippen molar-refractivity contribution in [1.82, 2.24) is 0 Å². The van der Waals surface area contributed by atoms with Crippen molar-refractivity contribution < 1.29 is 15.0 Å². The first-order chi connectivity index (χ1) is 5.20. The number of hydrogen-bond donors (Lipinski definition) is 2. The Labute approximate surface area is 66.0 Å². The van der Waals surface area contributed by atoms with Gasteiger partial charge in [-0.25, -0.2) is 0 Å². The zero-order chi connectivity index (χ0) is 8.27. The molecule has 1 saturated carbocycles. The van der Waals surface area contributed by atoms with E-state index in [1.54, 1.807) is 0 Å². The van der Waals surface area contributed by atoms with Gasteiger partial charge in [-0.05, 0) is 31.6 Å². The van der Waals surface area contributed by atoms with Crippen molar-refractivity contribution in [2.75, 3.05) is 0 Å². The highest BCUT2D eigenvalue weighted by Gasteiger charge is 2.24. The third-order valence-corrected chi connectivity index (χ3v) is 2.13. The van der Waals surface area contributed by atoms with E-state index in [1.165, 1.54) is 0 Å². The van der Waals surface area contributed by atoms with Crippen LogP contribution in [0.2, 0.25) is 0 Å². The lowest BCUT2D eigenvalue weighted by Gasteiger charge is -2.25. The van der Waals surface area contributed by atoms with Gasteiger partial charge in [-0.2, -0.15) is 0 Å². The fourth-order valence-electron chi connectivity index (χ4n) is 1.47. The van der Waals surface area contributed by atoms with E-state index in [-0.39, 0.29) is 12.3 Å². The minimum absolute atomic E-state index is 0.0301. The summed E-state index contributed by atoms with van der Waals surface area (Å²) in [5, 5.41) is 17.8. The van der Waals surface area contributed by atoms with Gasteiger partial charge in [0.05, 0.1) is 12.5 Å². The molecule has 0 bridgehead atoms. The Hall–Kier alpha value is -0.570. The van der Waals surface area contributed by atoms with Crippen molar-refractivity contribution in [1.29, 1.82) is 0 Å². The van der Waals surface area contributed by atoms with E-state index >= 15 is 0 Å². The summed E-state index contributed by atoms with van der Waals surface area (Å²) in [4.78, 5) is 10.3. The van der Waals surface area contributed by atoms with E-state index in [2.05, 4.69) is 0 Å². The molecule has 1 fully saturated rings. The molecule has 1 rings (SSSR count). The summed E-state index contributed by atoms with van der Waals surface area (Å²) in [6, 6.07) is 0. The summed E-state index contributed by atoms with van der Waals surface area (Å²) in [5.74, 6) is -0.839. The predicted octanol–water partition coefficient (Wildman–Crippen LogP) is 0.826. The summed E-state index contributed by atoms with van der Waals surface area (Å²) in [6.45, 7) is 0. The Balaban J connectivity index is 2.35. The number of aliphatic hydroxyl groups is 1. The topological polar surface area (TPSA) is 57.5 Å². The minimum atomic E-state index is -0.809. The highest BCUT2D eigenvalue weighted by atomic mass is 16.4. The molecule has 0 aromatic carbocycles. The average molecular weight is 157 g/mol. The molecular weight excluding hydrogens is 144 g/mol. The summed E-state index contributed by atoms with van der Waals surface area (Å²) < 4.78 is 0. The molecule has 1 aliphatic carbocycles. The van der Waals surface area contributed by atoms with Crippen molar-refractivity contribution in [2.24, 2.45) is 5.92 Å². The van der Waals surface area contributed by atoms with Crippen LogP contribution >= 0.6 is 0 Å². The van der Waals surface area contributed by atoms with Crippen LogP contribution < -0.4 is 0 Å². The molecule has 0 aromatic heterocycles. The standard InChI is InChI=1S/C8H13O3/c9-7-4-2-1-3-6(7)5-8(10)11/h2,6-7,9H,1,3-5H2,(H,10,11). The largest absolute Gasteiger partial charge is 0.481 e. The lowest BCUT2D eigenvalue weighted by atomic mass is 9.84. The number of hydrogen-bond acceptors (Lipinski definition) is 2. The Morgan fingerprint density at radius 3 is 2.91 bits per heavy atom. The van der Waals surface area contributed by atoms with Crippen LogP contribution in [0.15, 0.2) is 0 Å². The van der Waals surface area contributed by atoms with Crippen LogP contribution in [0, 0.1) is 12.3 Å². The molecule has 0 saturated heterocycles. The van der Waals surface area contributed by atoms with Crippen molar-refractivity contribution in [2.45, 2.75) is 31.8 Å². The molecular formula is C8H13O3. The molecule has 0 aliphatic heterocycles. The molecule has 0 aromatic rings. The third-order valence-electron chi connectivity index (χ3n) is 2.13. The van der Waals surface area contributed by atoms with Gasteiger partial charge in [-0.3, -0.25) is 4.79 Å². The fourth-order valence-corrected chi connectivity index (χ4v) is 1.47. The van der Waals surface area contributed by atoms with Crippen molar-refractivity contribution >= 4 is 5.97 Å². The van der Waals surface area contributed by atoms with Crippen molar-refractivity contribution in [3.63, 3.8) is 0 Å². The van der Waals surface area contributed by atoms with Crippen LogP contribution in [0.25, 0.3) is 0 Å². The van der Waals surface area contributed by atoms with Crippen LogP contribution in [-0.4, -0.2) is 22.3 Å². The monoisotopic (exact) mass is 157 g/mol. The van der Waals surface area contributed by atoms with Gasteiger partial charge < -0.3 is 10.2 Å². The summed E-state index contributed by atoms with van der Waals surface area (Å²) >= 11 is 0. The maximum Gasteiger partial charge on any atom is 0.303 e. The first kappa shape index (κ1) is 8.53. The summed E-state index contributed by atoms with van der Waals surface area (Å²) in [6.07, 6.45) is 4.10. The van der Waals surface area contributed by atoms with E-state index in [0.717, 1.165) is 12.8 Å². The zero-order valence-electron chi connectivity index (χ0n) is 6.36. The molecule has 2 atom stereocenters. The van der Waals surface area contributed by atoms with Gasteiger partial charge in [0.2, 0.25) is 0 Å². The summed E-state index contributed by atoms with van der Waals surface area (Å²) in [5.41, 5.74) is 0. The quantitative estimate of drug-likeness (QED) is 0.624. The molecule has 0 spiro atoms. The normalized spacial score (nSPS) is 31.7. The molecule has 2 unspecified atom stereocenters. The lowest BCUT2D eigenvalue weighted by Crippen LogP contribution is -2.26. The van der Waals surface area contributed by atoms with Crippen LogP contribution in [0.1, 0.15) is 25.7 Å². The average Bonchev–Trinajstić information content (AvgIpc) is 1.93. The number of carboxylic acids is 1. The third kappa shape index (κ3) is 2.50. The first-order valence-electron chi connectivity index (χ1n) is 3.91. The van der Waals surface area contributed by atoms with Gasteiger partial charge in [-0.1, -0.05) is 0 Å². The number of aliphatic carboxylic acids is 1. The van der Waals surface area contributed by atoms with Crippen molar-refractivity contribution in [3.8, 4) is 0 Å². The number of carbonyl (C=O) groups is 1. The maximum atomic E-state index is 10.3. The highest BCUT2D eigenvalue weighted by Crippen LogP contribution is 2.25. The van der Waals surface area contributed by atoms with Gasteiger partial charge in [0.15, 0.2) is 0 Å². The Bertz CT molecular complexity index is 144. The Kier molecular flexibility index (Phi) is 2.88. The van der Waals surface area contributed by atoms with Crippen LogP contribution in [-0.2, 0) is 4.79 Å². The Morgan fingerprint density at radius 2 is 2.36 bits per heavy atom. The van der Waals surface area contributed by atoms with Gasteiger partial charge >= 0.3 is 5.97 Å². The fraction of sp³-hybridized carbons (Fsp3) is 0.750. The van der Waals surface area contributed by atoms with E-state index < -0.39 is 12.1 Å². The number of rotatable bonds is 2. The smallest absolute Gasteiger partial charge is 0.303 e. The molecule has 3 nitrogen and oxygen atoms in total. The van der Waals surface area contributed by atoms with Crippen molar-refractivity contribution in [3.05, 3.63) is 6.42 Å². The van der Waals surface area contributed by atoms with Crippen LogP contribution in [0.5, 0.6) is 0 Å². The van der Waals surface area contributed by atoms with E-state index in [1.807, 2.05) is 6.42 Å². The summed E-state index contributed by atoms with van der Waals surface area (Å²) in [7, 11) is 0. The molecule has 63 valence electrons. The molecule has 3 heteroatoms. The second-order valence-corrected chi connectivity index (χ2v) is 3.03. The molecule has 1 radical (unpaired) electrons. The van der Waals surface area contributed by atoms with E-state index in [9.17, 15) is 9.90 Å². The Morgan fingerprint density at radius 1 is 1.64 bits per heavy atom. The van der Waals surface area contributed by atoms with Gasteiger partial charge in [0.1, 0.15) is 0 Å². The maximum absolute atomic E-state index is 10.3. The highest BCUT2D eigenvalue weighted by molar-refractivity contribution is 5.67. The SMILES string of the molecule is O=C(O)CC1CC[CH]CC1O. The van der Waals surface area contributed by atoms with Gasteiger partial charge in [0.25, 0.3) is 0 Å². The molecule has 11 heavy (non-hydrogen) atoms. The van der Waals surface area contributed by atoms with Crippen LogP contribution in [0.4, 0.5) is 0 Å². The zero-order valence-corrected chi connectivity index (χ0v) is 6.36. The van der Waals surface area contributed by atoms with Gasteiger partial charge in [-0.15, -0.1) is 0 Å². The second kappa shape index (κ2) is 3.72. The minimum Gasteiger partial charge on any atom is -0.481 e. The van der Waals surface area contributed by atoms with E-state index in [4.69, 9.17) is 5.11 Å². The van der Waals surface area contributed by atoms with Crippen LogP contribution in [0.3, 0.4) is 0 Å². The predicted molar refractivity (Wildman–Crippen MR) is 39.9 cm³/mol. The number of aliphatic hydroxyl groups excluding tert-OH is 1. The van der Waals surface area contributed by atoms with Gasteiger partial charge in [0, 0.05) is 0 Å². The molecule has 0 amide bonds. The first-order valence-corrected chi connectivity index (χ1v) is 3.91.